The van der Waals surface area contributed by atoms with E-state index < -0.39 is 35.0 Å². The summed E-state index contributed by atoms with van der Waals surface area (Å²) in [6.45, 7) is -1.30. The highest BCUT2D eigenvalue weighted by atomic mass is 32.2. The summed E-state index contributed by atoms with van der Waals surface area (Å²) in [6, 6.07) is 2.96. The van der Waals surface area contributed by atoms with E-state index in [2.05, 4.69) is 0 Å². The highest BCUT2D eigenvalue weighted by Gasteiger charge is 2.30. The molecule has 3 nitrogen and oxygen atoms in total. The van der Waals surface area contributed by atoms with Gasteiger partial charge in [0.15, 0.2) is 0 Å². The van der Waals surface area contributed by atoms with E-state index in [0.29, 0.717) is 12.1 Å². The molecule has 0 spiro atoms. The highest BCUT2D eigenvalue weighted by molar-refractivity contribution is 7.89. The van der Waals surface area contributed by atoms with Crippen molar-refractivity contribution in [1.29, 1.82) is 0 Å². The fourth-order valence-corrected chi connectivity index (χ4v) is 2.09. The first-order valence-corrected chi connectivity index (χ1v) is 5.98. The van der Waals surface area contributed by atoms with Crippen LogP contribution in [0.5, 0.6) is 0 Å². The van der Waals surface area contributed by atoms with E-state index in [1.165, 1.54) is 0 Å². The van der Waals surface area contributed by atoms with Gasteiger partial charge in [-0.1, -0.05) is 0 Å². The van der Waals surface area contributed by atoms with Crippen molar-refractivity contribution >= 4 is 10.0 Å². The summed E-state index contributed by atoms with van der Waals surface area (Å²) in [4.78, 5) is -0.334. The Balaban J connectivity index is 2.95. The molecule has 1 N–H and O–H groups in total. The normalized spacial score (nSPS) is 12.7. The van der Waals surface area contributed by atoms with Gasteiger partial charge in [-0.3, -0.25) is 0 Å². The molecule has 1 aromatic carbocycles. The zero-order chi connectivity index (χ0) is 13.1. The largest absolute Gasteiger partial charge is 0.416 e. The minimum Gasteiger partial charge on any atom is -0.250 e. The molecule has 0 heterocycles. The van der Waals surface area contributed by atoms with Crippen LogP contribution in [-0.2, 0) is 16.2 Å². The quantitative estimate of drug-likeness (QED) is 0.851. The van der Waals surface area contributed by atoms with Gasteiger partial charge >= 0.3 is 6.18 Å². The van der Waals surface area contributed by atoms with Gasteiger partial charge in [0.25, 0.3) is 0 Å². The van der Waals surface area contributed by atoms with Crippen molar-refractivity contribution in [2.45, 2.75) is 11.1 Å². The Labute approximate surface area is 95.5 Å². The molecule has 0 amide bonds. The van der Waals surface area contributed by atoms with Gasteiger partial charge in [0.05, 0.1) is 10.5 Å². The maximum atomic E-state index is 12.2. The number of sulfonamides is 1. The molecule has 1 aromatic rings. The molecular weight excluding hydrogens is 262 g/mol. The Kier molecular flexibility index (Phi) is 4.10. The van der Waals surface area contributed by atoms with Crippen molar-refractivity contribution in [2.75, 3.05) is 13.2 Å². The molecule has 17 heavy (non-hydrogen) atoms. The Morgan fingerprint density at radius 1 is 1.12 bits per heavy atom. The van der Waals surface area contributed by atoms with Crippen LogP contribution in [-0.4, -0.2) is 21.6 Å². The first-order valence-electron chi connectivity index (χ1n) is 4.50. The monoisotopic (exact) mass is 271 g/mol. The van der Waals surface area contributed by atoms with Crippen LogP contribution in [0.25, 0.3) is 0 Å². The van der Waals surface area contributed by atoms with Crippen molar-refractivity contribution in [2.24, 2.45) is 0 Å². The first-order chi connectivity index (χ1) is 7.77. The lowest BCUT2D eigenvalue weighted by Gasteiger charge is -2.08. The van der Waals surface area contributed by atoms with Crippen LogP contribution in [0.3, 0.4) is 0 Å². The maximum Gasteiger partial charge on any atom is 0.416 e. The van der Waals surface area contributed by atoms with E-state index in [-0.39, 0.29) is 4.90 Å². The standard InChI is InChI=1S/C9H9F4NO2S/c10-5-6-14-17(15,16)8-3-1-7(2-4-8)9(11,12)13/h1-4,14H,5-6H2. The molecule has 0 aromatic heterocycles. The fraction of sp³-hybridized carbons (Fsp3) is 0.333. The van der Waals surface area contributed by atoms with Gasteiger partial charge in [-0.15, -0.1) is 0 Å². The van der Waals surface area contributed by atoms with E-state index in [1.807, 2.05) is 4.72 Å². The third-order valence-corrected chi connectivity index (χ3v) is 3.36. The highest BCUT2D eigenvalue weighted by Crippen LogP contribution is 2.29. The Hall–Kier alpha value is -1.15. The van der Waals surface area contributed by atoms with Gasteiger partial charge < -0.3 is 0 Å². The Morgan fingerprint density at radius 3 is 2.06 bits per heavy atom. The molecule has 8 heteroatoms. The van der Waals surface area contributed by atoms with Crippen molar-refractivity contribution in [1.82, 2.24) is 4.72 Å². The van der Waals surface area contributed by atoms with Crippen molar-refractivity contribution in [3.8, 4) is 0 Å². The zero-order valence-electron chi connectivity index (χ0n) is 8.46. The molecule has 0 aliphatic heterocycles. The van der Waals surface area contributed by atoms with Gasteiger partial charge in [0.1, 0.15) is 6.67 Å². The smallest absolute Gasteiger partial charge is 0.250 e. The van der Waals surface area contributed by atoms with Gasteiger partial charge in [0, 0.05) is 6.54 Å². The Bertz CT molecular complexity index is 467. The van der Waals surface area contributed by atoms with Crippen molar-refractivity contribution in [3.05, 3.63) is 29.8 Å². The lowest BCUT2D eigenvalue weighted by molar-refractivity contribution is -0.137. The van der Waals surface area contributed by atoms with Crippen molar-refractivity contribution in [3.63, 3.8) is 0 Å². The number of rotatable bonds is 4. The summed E-state index contributed by atoms with van der Waals surface area (Å²) in [6.07, 6.45) is -4.52. The van der Waals surface area contributed by atoms with Crippen LogP contribution in [0.15, 0.2) is 29.2 Å². The summed E-state index contributed by atoms with van der Waals surface area (Å²) < 4.78 is 73.1. The van der Waals surface area contributed by atoms with Crippen LogP contribution in [0, 0.1) is 0 Å². The minimum atomic E-state index is -4.52. The van der Waals surface area contributed by atoms with Crippen LogP contribution in [0.4, 0.5) is 17.6 Å². The number of alkyl halides is 4. The average Bonchev–Trinajstić information content (AvgIpc) is 2.25. The van der Waals surface area contributed by atoms with Crippen LogP contribution >= 0.6 is 0 Å². The molecule has 0 unspecified atom stereocenters. The molecular formula is C9H9F4NO2S. The SMILES string of the molecule is O=S(=O)(NCCF)c1ccc(C(F)(F)F)cc1. The van der Waals surface area contributed by atoms with Gasteiger partial charge in [-0.2, -0.15) is 13.2 Å². The van der Waals surface area contributed by atoms with E-state index in [4.69, 9.17) is 0 Å². The van der Waals surface area contributed by atoms with E-state index in [9.17, 15) is 26.0 Å². The lowest BCUT2D eigenvalue weighted by atomic mass is 10.2. The van der Waals surface area contributed by atoms with Crippen LogP contribution < -0.4 is 4.72 Å². The number of benzene rings is 1. The molecule has 0 saturated carbocycles. The second-order valence-corrected chi connectivity index (χ2v) is 4.88. The number of hydrogen-bond acceptors (Lipinski definition) is 2. The summed E-state index contributed by atoms with van der Waals surface area (Å²) in [7, 11) is -3.94. The predicted octanol–water partition coefficient (Wildman–Crippen LogP) is 1.95. The van der Waals surface area contributed by atoms with E-state index in [0.717, 1.165) is 12.1 Å². The van der Waals surface area contributed by atoms with E-state index in [1.54, 1.807) is 0 Å². The fourth-order valence-electron chi connectivity index (χ4n) is 1.08. The topological polar surface area (TPSA) is 46.2 Å². The molecule has 0 radical (unpaired) electrons. The molecule has 0 fully saturated rings. The molecule has 1 rings (SSSR count). The second-order valence-electron chi connectivity index (χ2n) is 3.11. The number of nitrogens with one attached hydrogen (secondary N) is 1. The number of halogens is 4. The third-order valence-electron chi connectivity index (χ3n) is 1.88. The molecule has 96 valence electrons. The average molecular weight is 271 g/mol. The lowest BCUT2D eigenvalue weighted by Crippen LogP contribution is -2.25. The summed E-state index contributed by atoms with van der Waals surface area (Å²) in [5.74, 6) is 0. The Morgan fingerprint density at radius 2 is 1.65 bits per heavy atom. The van der Waals surface area contributed by atoms with Crippen LogP contribution in [0.2, 0.25) is 0 Å². The molecule has 0 aliphatic carbocycles. The maximum absolute atomic E-state index is 12.2. The molecule has 0 saturated heterocycles. The van der Waals surface area contributed by atoms with Crippen molar-refractivity contribution < 1.29 is 26.0 Å². The summed E-state index contributed by atoms with van der Waals surface area (Å²) >= 11 is 0. The summed E-state index contributed by atoms with van der Waals surface area (Å²) in [5.41, 5.74) is -0.943. The van der Waals surface area contributed by atoms with Gasteiger partial charge in [-0.05, 0) is 24.3 Å². The predicted molar refractivity (Wildman–Crippen MR) is 52.6 cm³/mol. The first kappa shape index (κ1) is 13.9. The minimum absolute atomic E-state index is 0.334. The second kappa shape index (κ2) is 5.01. The van der Waals surface area contributed by atoms with E-state index >= 15 is 0 Å². The zero-order valence-corrected chi connectivity index (χ0v) is 9.28. The van der Waals surface area contributed by atoms with Crippen LogP contribution in [0.1, 0.15) is 5.56 Å². The molecule has 0 aliphatic rings. The number of hydrogen-bond donors (Lipinski definition) is 1. The third kappa shape index (κ3) is 3.67. The summed E-state index contributed by atoms with van der Waals surface area (Å²) in [5, 5.41) is 0. The van der Waals surface area contributed by atoms with Gasteiger partial charge in [0.2, 0.25) is 10.0 Å². The molecule has 0 atom stereocenters. The molecule has 0 bridgehead atoms. The van der Waals surface area contributed by atoms with Gasteiger partial charge in [-0.25, -0.2) is 17.5 Å².